The summed E-state index contributed by atoms with van der Waals surface area (Å²) in [7, 11) is 0. The Morgan fingerprint density at radius 2 is 1.96 bits per heavy atom. The van der Waals surface area contributed by atoms with Gasteiger partial charge in [0.2, 0.25) is 6.79 Å². The summed E-state index contributed by atoms with van der Waals surface area (Å²) in [6.07, 6.45) is 0.955. The van der Waals surface area contributed by atoms with Crippen molar-refractivity contribution in [1.82, 2.24) is 5.32 Å². The number of halogens is 2. The van der Waals surface area contributed by atoms with Gasteiger partial charge in [-0.2, -0.15) is 0 Å². The molecule has 0 radical (unpaired) electrons. The molecule has 0 amide bonds. The number of nitrogens with one attached hydrogen (secondary N) is 1. The van der Waals surface area contributed by atoms with Gasteiger partial charge in [0, 0.05) is 12.5 Å². The van der Waals surface area contributed by atoms with Crippen molar-refractivity contribution >= 4 is 0 Å². The number of hydrogen-bond acceptors (Lipinski definition) is 4. The van der Waals surface area contributed by atoms with Crippen molar-refractivity contribution in [3.05, 3.63) is 53.3 Å². The molecular formula is C20H21F2NO3. The van der Waals surface area contributed by atoms with E-state index in [-0.39, 0.29) is 24.4 Å². The minimum atomic E-state index is -0.674. The molecule has 6 heteroatoms. The normalized spacial score (nSPS) is 21.6. The minimum absolute atomic E-state index is 0.102. The highest BCUT2D eigenvalue weighted by atomic mass is 19.1. The lowest BCUT2D eigenvalue weighted by Gasteiger charge is -2.32. The largest absolute Gasteiger partial charge is 0.493 e. The average molecular weight is 361 g/mol. The Labute approximate surface area is 151 Å². The molecule has 1 fully saturated rings. The van der Waals surface area contributed by atoms with E-state index >= 15 is 0 Å². The third-order valence-corrected chi connectivity index (χ3v) is 5.09. The van der Waals surface area contributed by atoms with Crippen molar-refractivity contribution in [2.75, 3.05) is 26.5 Å². The molecule has 4 rings (SSSR count). The second kappa shape index (κ2) is 7.50. The Bertz CT molecular complexity index is 766. The zero-order valence-electron chi connectivity index (χ0n) is 14.3. The highest BCUT2D eigenvalue weighted by Crippen LogP contribution is 2.41. The topological polar surface area (TPSA) is 39.7 Å². The molecule has 0 aromatic heterocycles. The van der Waals surface area contributed by atoms with E-state index in [9.17, 15) is 8.78 Å². The van der Waals surface area contributed by atoms with Crippen LogP contribution in [0.25, 0.3) is 0 Å². The van der Waals surface area contributed by atoms with Crippen LogP contribution in [0.2, 0.25) is 0 Å². The summed E-state index contributed by atoms with van der Waals surface area (Å²) in [5.74, 6) is 1.73. The Balaban J connectivity index is 1.50. The SMILES string of the molecule is FCc1c(OC[C@@H]2CNCC[C@H]2c2ccc(F)cc2)ccc2c1OCO2. The summed E-state index contributed by atoms with van der Waals surface area (Å²) in [5, 5.41) is 3.38. The molecule has 2 aromatic carbocycles. The van der Waals surface area contributed by atoms with Gasteiger partial charge in [-0.3, -0.25) is 0 Å². The first kappa shape index (κ1) is 17.1. The zero-order valence-corrected chi connectivity index (χ0v) is 14.3. The van der Waals surface area contributed by atoms with Gasteiger partial charge in [0.05, 0.1) is 12.2 Å². The molecule has 1 N–H and O–H groups in total. The van der Waals surface area contributed by atoms with E-state index < -0.39 is 6.67 Å². The van der Waals surface area contributed by atoms with Gasteiger partial charge in [-0.25, -0.2) is 8.78 Å². The molecule has 0 saturated carbocycles. The number of hydrogen-bond donors (Lipinski definition) is 1. The van der Waals surface area contributed by atoms with Crippen LogP contribution in [-0.2, 0) is 6.67 Å². The first-order valence-corrected chi connectivity index (χ1v) is 8.82. The second-order valence-corrected chi connectivity index (χ2v) is 6.63. The lowest BCUT2D eigenvalue weighted by atomic mass is 9.81. The highest BCUT2D eigenvalue weighted by Gasteiger charge is 2.28. The standard InChI is InChI=1S/C20H21F2NO3/c21-9-17-18(5-6-19-20(17)26-12-25-19)24-11-14-10-23-8-7-16(14)13-1-3-15(22)4-2-13/h1-6,14,16,23H,7-12H2/t14-,16-/m0/s1. The van der Waals surface area contributed by atoms with E-state index in [2.05, 4.69) is 5.32 Å². The van der Waals surface area contributed by atoms with Crippen molar-refractivity contribution in [2.45, 2.75) is 19.0 Å². The van der Waals surface area contributed by atoms with Crippen LogP contribution in [-0.4, -0.2) is 26.5 Å². The van der Waals surface area contributed by atoms with Crippen LogP contribution in [0, 0.1) is 11.7 Å². The molecular weight excluding hydrogens is 340 g/mol. The number of rotatable bonds is 5. The van der Waals surface area contributed by atoms with Gasteiger partial charge in [-0.1, -0.05) is 12.1 Å². The summed E-state index contributed by atoms with van der Waals surface area (Å²) in [5.41, 5.74) is 1.50. The predicted molar refractivity (Wildman–Crippen MR) is 93.0 cm³/mol. The van der Waals surface area contributed by atoms with Crippen LogP contribution in [0.3, 0.4) is 0 Å². The Morgan fingerprint density at radius 3 is 2.77 bits per heavy atom. The van der Waals surface area contributed by atoms with E-state index in [0.29, 0.717) is 29.4 Å². The summed E-state index contributed by atoms with van der Waals surface area (Å²) in [6, 6.07) is 10.1. The first-order valence-electron chi connectivity index (χ1n) is 8.82. The third kappa shape index (κ3) is 3.33. The summed E-state index contributed by atoms with van der Waals surface area (Å²) in [4.78, 5) is 0. The quantitative estimate of drug-likeness (QED) is 0.879. The number of alkyl halides is 1. The van der Waals surface area contributed by atoms with Crippen molar-refractivity contribution in [2.24, 2.45) is 5.92 Å². The molecule has 2 aliphatic rings. The molecule has 2 aliphatic heterocycles. The van der Waals surface area contributed by atoms with Crippen molar-refractivity contribution in [3.63, 3.8) is 0 Å². The molecule has 2 heterocycles. The zero-order chi connectivity index (χ0) is 17.9. The number of fused-ring (bicyclic) bond motifs is 1. The van der Waals surface area contributed by atoms with Gasteiger partial charge in [-0.05, 0) is 48.7 Å². The van der Waals surface area contributed by atoms with E-state index in [1.165, 1.54) is 12.1 Å². The van der Waals surface area contributed by atoms with Crippen LogP contribution >= 0.6 is 0 Å². The highest BCUT2D eigenvalue weighted by molar-refractivity contribution is 5.54. The van der Waals surface area contributed by atoms with Crippen LogP contribution in [0.4, 0.5) is 8.78 Å². The maximum atomic E-state index is 13.5. The number of ether oxygens (including phenoxy) is 3. The van der Waals surface area contributed by atoms with Crippen molar-refractivity contribution in [3.8, 4) is 17.2 Å². The molecule has 0 bridgehead atoms. The molecule has 26 heavy (non-hydrogen) atoms. The predicted octanol–water partition coefficient (Wildman–Crippen LogP) is 3.80. The molecule has 0 unspecified atom stereocenters. The molecule has 4 nitrogen and oxygen atoms in total. The van der Waals surface area contributed by atoms with Crippen LogP contribution in [0.5, 0.6) is 17.2 Å². The molecule has 0 spiro atoms. The summed E-state index contributed by atoms with van der Waals surface area (Å²) < 4.78 is 43.4. The van der Waals surface area contributed by atoms with Crippen LogP contribution in [0.15, 0.2) is 36.4 Å². The lowest BCUT2D eigenvalue weighted by molar-refractivity contribution is 0.171. The van der Waals surface area contributed by atoms with Gasteiger partial charge in [0.1, 0.15) is 18.2 Å². The van der Waals surface area contributed by atoms with E-state index in [1.807, 2.05) is 12.1 Å². The van der Waals surface area contributed by atoms with Gasteiger partial charge in [0.25, 0.3) is 0 Å². The molecule has 2 atom stereocenters. The number of benzene rings is 2. The Morgan fingerprint density at radius 1 is 1.12 bits per heavy atom. The summed E-state index contributed by atoms with van der Waals surface area (Å²) in [6.45, 7) is 1.59. The third-order valence-electron chi connectivity index (χ3n) is 5.09. The van der Waals surface area contributed by atoms with Gasteiger partial charge < -0.3 is 19.5 Å². The smallest absolute Gasteiger partial charge is 0.231 e. The maximum Gasteiger partial charge on any atom is 0.231 e. The molecule has 2 aromatic rings. The first-order chi connectivity index (χ1) is 12.8. The number of piperidine rings is 1. The molecule has 138 valence electrons. The average Bonchev–Trinajstić information content (AvgIpc) is 3.15. The van der Waals surface area contributed by atoms with Gasteiger partial charge in [-0.15, -0.1) is 0 Å². The minimum Gasteiger partial charge on any atom is -0.493 e. The van der Waals surface area contributed by atoms with E-state index in [0.717, 1.165) is 25.1 Å². The van der Waals surface area contributed by atoms with E-state index in [4.69, 9.17) is 14.2 Å². The Hall–Kier alpha value is -2.34. The second-order valence-electron chi connectivity index (χ2n) is 6.63. The van der Waals surface area contributed by atoms with Crippen molar-refractivity contribution in [1.29, 1.82) is 0 Å². The molecule has 0 aliphatic carbocycles. The van der Waals surface area contributed by atoms with Gasteiger partial charge >= 0.3 is 0 Å². The Kier molecular flexibility index (Phi) is 4.93. The molecule has 1 saturated heterocycles. The summed E-state index contributed by atoms with van der Waals surface area (Å²) >= 11 is 0. The van der Waals surface area contributed by atoms with Crippen molar-refractivity contribution < 1.29 is 23.0 Å². The fraction of sp³-hybridized carbons (Fsp3) is 0.400. The fourth-order valence-electron chi connectivity index (χ4n) is 3.72. The van der Waals surface area contributed by atoms with Crippen LogP contribution in [0.1, 0.15) is 23.5 Å². The van der Waals surface area contributed by atoms with E-state index in [1.54, 1.807) is 12.1 Å². The monoisotopic (exact) mass is 361 g/mol. The fourth-order valence-corrected chi connectivity index (χ4v) is 3.72. The van der Waals surface area contributed by atoms with Gasteiger partial charge in [0.15, 0.2) is 11.5 Å². The maximum absolute atomic E-state index is 13.5. The lowest BCUT2D eigenvalue weighted by Crippen LogP contribution is -2.38. The van der Waals surface area contributed by atoms with Crippen LogP contribution < -0.4 is 19.5 Å².